The Morgan fingerprint density at radius 1 is 0.762 bits per heavy atom. The van der Waals surface area contributed by atoms with Crippen LogP contribution in [0.1, 0.15) is 31.9 Å². The minimum atomic E-state index is -4.37. The van der Waals surface area contributed by atoms with Crippen molar-refractivity contribution in [3.05, 3.63) is 59.7 Å². The van der Waals surface area contributed by atoms with Crippen LogP contribution < -0.4 is 4.74 Å². The smallest absolute Gasteiger partial charge is 0.416 e. The van der Waals surface area contributed by atoms with Gasteiger partial charge in [0, 0.05) is 0 Å². The topological polar surface area (TPSA) is 9.23 Å². The fourth-order valence-corrected chi connectivity index (χ4v) is 1.89. The summed E-state index contributed by atoms with van der Waals surface area (Å²) in [7, 11) is 0. The molecular formula is C17H17F3O. The van der Waals surface area contributed by atoms with E-state index in [4.69, 9.17) is 4.74 Å². The Morgan fingerprint density at radius 3 is 1.90 bits per heavy atom. The van der Waals surface area contributed by atoms with Crippen LogP contribution in [-0.2, 0) is 11.6 Å². The summed E-state index contributed by atoms with van der Waals surface area (Å²) in [5, 5.41) is 0. The average molecular weight is 294 g/mol. The van der Waals surface area contributed by atoms with Gasteiger partial charge in [0.2, 0.25) is 0 Å². The lowest BCUT2D eigenvalue weighted by molar-refractivity contribution is -0.137. The SMILES string of the molecule is CC(C)(C)c1ccc(Oc2cccc(C(F)(F)F)c2)cc1. The molecule has 0 bridgehead atoms. The quantitative estimate of drug-likeness (QED) is 0.680. The van der Waals surface area contributed by atoms with E-state index >= 15 is 0 Å². The first-order chi connectivity index (χ1) is 9.66. The van der Waals surface area contributed by atoms with Crippen molar-refractivity contribution >= 4 is 0 Å². The molecule has 0 heterocycles. The molecule has 1 nitrogen and oxygen atoms in total. The first-order valence-electron chi connectivity index (χ1n) is 6.62. The van der Waals surface area contributed by atoms with E-state index < -0.39 is 11.7 Å². The van der Waals surface area contributed by atoms with Gasteiger partial charge in [0.15, 0.2) is 0 Å². The minimum Gasteiger partial charge on any atom is -0.457 e. The van der Waals surface area contributed by atoms with Gasteiger partial charge in [-0.15, -0.1) is 0 Å². The molecule has 2 rings (SSSR count). The van der Waals surface area contributed by atoms with Gasteiger partial charge in [-0.25, -0.2) is 0 Å². The second kappa shape index (κ2) is 5.43. The molecule has 0 saturated carbocycles. The van der Waals surface area contributed by atoms with E-state index in [-0.39, 0.29) is 11.2 Å². The number of alkyl halides is 3. The standard InChI is InChI=1S/C17H17F3O/c1-16(2,3)12-7-9-14(10-8-12)21-15-6-4-5-13(11-15)17(18,19)20/h4-11H,1-3H3. The van der Waals surface area contributed by atoms with Crippen molar-refractivity contribution in [3.8, 4) is 11.5 Å². The second-order valence-electron chi connectivity index (χ2n) is 5.90. The highest BCUT2D eigenvalue weighted by molar-refractivity contribution is 5.37. The highest BCUT2D eigenvalue weighted by atomic mass is 19.4. The van der Waals surface area contributed by atoms with E-state index in [9.17, 15) is 13.2 Å². The Hall–Kier alpha value is -1.97. The van der Waals surface area contributed by atoms with Crippen LogP contribution in [0.2, 0.25) is 0 Å². The van der Waals surface area contributed by atoms with Gasteiger partial charge in [-0.05, 0) is 41.3 Å². The molecule has 0 aliphatic carbocycles. The van der Waals surface area contributed by atoms with Gasteiger partial charge >= 0.3 is 6.18 Å². The number of ether oxygens (including phenoxy) is 1. The summed E-state index contributed by atoms with van der Waals surface area (Å²) < 4.78 is 43.4. The van der Waals surface area contributed by atoms with Gasteiger partial charge in [0.1, 0.15) is 11.5 Å². The fourth-order valence-electron chi connectivity index (χ4n) is 1.89. The van der Waals surface area contributed by atoms with Crippen LogP contribution >= 0.6 is 0 Å². The molecule has 0 unspecified atom stereocenters. The normalized spacial score (nSPS) is 12.3. The van der Waals surface area contributed by atoms with Crippen LogP contribution in [0.4, 0.5) is 13.2 Å². The fraction of sp³-hybridized carbons (Fsp3) is 0.294. The van der Waals surface area contributed by atoms with E-state index in [2.05, 4.69) is 20.8 Å². The zero-order chi connectivity index (χ0) is 15.7. The van der Waals surface area contributed by atoms with Crippen LogP contribution in [0.15, 0.2) is 48.5 Å². The summed E-state index contributed by atoms with van der Waals surface area (Å²) in [5.41, 5.74) is 0.444. The van der Waals surface area contributed by atoms with Gasteiger partial charge < -0.3 is 4.74 Å². The molecule has 112 valence electrons. The van der Waals surface area contributed by atoms with Gasteiger partial charge in [0.25, 0.3) is 0 Å². The number of rotatable bonds is 2. The van der Waals surface area contributed by atoms with Gasteiger partial charge in [0.05, 0.1) is 5.56 Å². The molecule has 0 aliphatic heterocycles. The zero-order valence-electron chi connectivity index (χ0n) is 12.2. The summed E-state index contributed by atoms with van der Waals surface area (Å²) in [6.45, 7) is 6.28. The molecule has 0 aliphatic rings. The third-order valence-corrected chi connectivity index (χ3v) is 3.12. The Labute approximate surface area is 122 Å². The highest BCUT2D eigenvalue weighted by Gasteiger charge is 2.30. The first kappa shape index (κ1) is 15.4. The molecule has 0 spiro atoms. The van der Waals surface area contributed by atoms with Crippen LogP contribution in [0.25, 0.3) is 0 Å². The molecule has 21 heavy (non-hydrogen) atoms. The lowest BCUT2D eigenvalue weighted by Crippen LogP contribution is -2.10. The molecule has 0 radical (unpaired) electrons. The van der Waals surface area contributed by atoms with Crippen molar-refractivity contribution in [2.75, 3.05) is 0 Å². The van der Waals surface area contributed by atoms with Crippen LogP contribution in [0.5, 0.6) is 11.5 Å². The highest BCUT2D eigenvalue weighted by Crippen LogP contribution is 2.33. The summed E-state index contributed by atoms with van der Waals surface area (Å²) in [4.78, 5) is 0. The average Bonchev–Trinajstić information content (AvgIpc) is 2.37. The molecule has 0 saturated heterocycles. The molecule has 0 N–H and O–H groups in total. The molecule has 0 aromatic heterocycles. The number of hydrogen-bond donors (Lipinski definition) is 0. The second-order valence-corrected chi connectivity index (χ2v) is 5.90. The monoisotopic (exact) mass is 294 g/mol. The maximum Gasteiger partial charge on any atom is 0.416 e. The number of benzene rings is 2. The van der Waals surface area contributed by atoms with E-state index in [1.807, 2.05) is 12.1 Å². The van der Waals surface area contributed by atoms with E-state index in [1.165, 1.54) is 12.1 Å². The molecule has 4 heteroatoms. The Balaban J connectivity index is 2.19. The Kier molecular flexibility index (Phi) is 3.99. The van der Waals surface area contributed by atoms with Crippen molar-refractivity contribution in [3.63, 3.8) is 0 Å². The third kappa shape index (κ3) is 4.00. The van der Waals surface area contributed by atoms with Crippen LogP contribution in [0, 0.1) is 0 Å². The zero-order valence-corrected chi connectivity index (χ0v) is 12.2. The van der Waals surface area contributed by atoms with E-state index in [0.717, 1.165) is 17.7 Å². The van der Waals surface area contributed by atoms with E-state index in [0.29, 0.717) is 5.75 Å². The molecular weight excluding hydrogens is 277 g/mol. The lowest BCUT2D eigenvalue weighted by atomic mass is 9.87. The van der Waals surface area contributed by atoms with E-state index in [1.54, 1.807) is 12.1 Å². The first-order valence-corrected chi connectivity index (χ1v) is 6.62. The number of halogens is 3. The van der Waals surface area contributed by atoms with Gasteiger partial charge in [-0.2, -0.15) is 13.2 Å². The van der Waals surface area contributed by atoms with Crippen molar-refractivity contribution in [2.45, 2.75) is 32.4 Å². The maximum absolute atomic E-state index is 12.6. The molecule has 0 atom stereocenters. The number of hydrogen-bond acceptors (Lipinski definition) is 1. The predicted octanol–water partition coefficient (Wildman–Crippen LogP) is 5.80. The van der Waals surface area contributed by atoms with Gasteiger partial charge in [-0.1, -0.05) is 39.0 Å². The minimum absolute atomic E-state index is 0.0226. The lowest BCUT2D eigenvalue weighted by Gasteiger charge is -2.19. The van der Waals surface area contributed by atoms with Crippen molar-refractivity contribution < 1.29 is 17.9 Å². The summed E-state index contributed by atoms with van der Waals surface area (Å²) in [6, 6.07) is 12.2. The molecule has 0 fully saturated rings. The maximum atomic E-state index is 12.6. The van der Waals surface area contributed by atoms with Crippen molar-refractivity contribution in [1.82, 2.24) is 0 Å². The summed E-state index contributed by atoms with van der Waals surface area (Å²) in [5.74, 6) is 0.690. The predicted molar refractivity (Wildman–Crippen MR) is 76.7 cm³/mol. The van der Waals surface area contributed by atoms with Gasteiger partial charge in [-0.3, -0.25) is 0 Å². The summed E-state index contributed by atoms with van der Waals surface area (Å²) in [6.07, 6.45) is -4.37. The van der Waals surface area contributed by atoms with Crippen molar-refractivity contribution in [2.24, 2.45) is 0 Å². The Bertz CT molecular complexity index is 607. The molecule has 0 amide bonds. The van der Waals surface area contributed by atoms with Crippen molar-refractivity contribution in [1.29, 1.82) is 0 Å². The largest absolute Gasteiger partial charge is 0.457 e. The van der Waals surface area contributed by atoms with Crippen LogP contribution in [0.3, 0.4) is 0 Å². The Morgan fingerprint density at radius 2 is 1.38 bits per heavy atom. The van der Waals surface area contributed by atoms with Crippen LogP contribution in [-0.4, -0.2) is 0 Å². The molecule has 2 aromatic carbocycles. The molecule has 2 aromatic rings. The third-order valence-electron chi connectivity index (χ3n) is 3.12. The summed E-state index contributed by atoms with van der Waals surface area (Å²) >= 11 is 0.